The van der Waals surface area contributed by atoms with E-state index in [0.717, 1.165) is 16.7 Å². The van der Waals surface area contributed by atoms with Crippen molar-refractivity contribution in [2.75, 3.05) is 41.6 Å². The second-order valence-corrected chi connectivity index (χ2v) is 10.8. The SMILES string of the molecule is Cc1cccc(C)c1N(Cc1ccc(C(=O)N2CCN(c3ccccc3F)CC2)cc1)S(C)(=O)=O. The van der Waals surface area contributed by atoms with E-state index in [1.165, 1.54) is 16.6 Å². The van der Waals surface area contributed by atoms with Crippen molar-refractivity contribution in [3.63, 3.8) is 0 Å². The number of amides is 1. The number of anilines is 2. The predicted molar refractivity (Wildman–Crippen MR) is 138 cm³/mol. The van der Waals surface area contributed by atoms with E-state index in [4.69, 9.17) is 0 Å². The van der Waals surface area contributed by atoms with E-state index >= 15 is 0 Å². The molecule has 8 heteroatoms. The predicted octanol–water partition coefficient (Wildman–Crippen LogP) is 4.37. The molecule has 3 aromatic rings. The van der Waals surface area contributed by atoms with Gasteiger partial charge in [0.05, 0.1) is 24.2 Å². The van der Waals surface area contributed by atoms with E-state index in [-0.39, 0.29) is 18.3 Å². The Morgan fingerprint density at radius 3 is 2.06 bits per heavy atom. The number of benzene rings is 3. The molecule has 1 fully saturated rings. The van der Waals surface area contributed by atoms with E-state index in [0.29, 0.717) is 43.1 Å². The topological polar surface area (TPSA) is 60.9 Å². The number of hydrogen-bond donors (Lipinski definition) is 0. The van der Waals surface area contributed by atoms with Crippen LogP contribution in [0.4, 0.5) is 15.8 Å². The third kappa shape index (κ3) is 5.48. The number of aryl methyl sites for hydroxylation is 2. The van der Waals surface area contributed by atoms with Gasteiger partial charge in [0.1, 0.15) is 5.82 Å². The van der Waals surface area contributed by atoms with Crippen LogP contribution in [0.15, 0.2) is 66.7 Å². The summed E-state index contributed by atoms with van der Waals surface area (Å²) < 4.78 is 40.7. The van der Waals surface area contributed by atoms with Crippen LogP contribution in [0.1, 0.15) is 27.0 Å². The summed E-state index contributed by atoms with van der Waals surface area (Å²) in [6, 6.07) is 19.5. The molecule has 0 aliphatic carbocycles. The Morgan fingerprint density at radius 2 is 1.49 bits per heavy atom. The van der Waals surface area contributed by atoms with Crippen LogP contribution in [0, 0.1) is 19.7 Å². The summed E-state index contributed by atoms with van der Waals surface area (Å²) in [6.07, 6.45) is 1.21. The standard InChI is InChI=1S/C27H30FN3O3S/c1-20-7-6-8-21(2)26(20)31(35(3,33)34)19-22-11-13-23(14-12-22)27(32)30-17-15-29(16-18-30)25-10-5-4-9-24(25)28/h4-14H,15-19H2,1-3H3. The Labute approximate surface area is 206 Å². The monoisotopic (exact) mass is 495 g/mol. The number of sulfonamides is 1. The molecule has 3 aromatic carbocycles. The van der Waals surface area contributed by atoms with Crippen LogP contribution < -0.4 is 9.21 Å². The van der Waals surface area contributed by atoms with Gasteiger partial charge in [0.25, 0.3) is 5.91 Å². The fourth-order valence-electron chi connectivity index (χ4n) is 4.52. The van der Waals surface area contributed by atoms with Crippen molar-refractivity contribution < 1.29 is 17.6 Å². The molecule has 0 saturated carbocycles. The lowest BCUT2D eigenvalue weighted by atomic mass is 10.1. The maximum Gasteiger partial charge on any atom is 0.253 e. The highest BCUT2D eigenvalue weighted by Crippen LogP contribution is 2.28. The first kappa shape index (κ1) is 24.7. The van der Waals surface area contributed by atoms with Gasteiger partial charge in [0, 0.05) is 31.7 Å². The number of carbonyl (C=O) groups is 1. The van der Waals surface area contributed by atoms with Gasteiger partial charge >= 0.3 is 0 Å². The van der Waals surface area contributed by atoms with Crippen LogP contribution in [0.5, 0.6) is 0 Å². The Hall–Kier alpha value is -3.39. The maximum atomic E-state index is 14.1. The van der Waals surface area contributed by atoms with Crippen LogP contribution >= 0.6 is 0 Å². The molecular formula is C27H30FN3O3S. The normalized spacial score (nSPS) is 14.2. The molecule has 4 rings (SSSR count). The minimum Gasteiger partial charge on any atom is -0.366 e. The number of piperazine rings is 1. The van der Waals surface area contributed by atoms with Crippen LogP contribution in [-0.2, 0) is 16.6 Å². The minimum atomic E-state index is -3.51. The summed E-state index contributed by atoms with van der Waals surface area (Å²) in [5, 5.41) is 0. The van der Waals surface area contributed by atoms with Crippen molar-refractivity contribution in [2.45, 2.75) is 20.4 Å². The molecule has 6 nitrogen and oxygen atoms in total. The van der Waals surface area contributed by atoms with Crippen molar-refractivity contribution >= 4 is 27.3 Å². The third-order valence-electron chi connectivity index (χ3n) is 6.38. The largest absolute Gasteiger partial charge is 0.366 e. The fourth-order valence-corrected chi connectivity index (χ4v) is 5.52. The zero-order chi connectivity index (χ0) is 25.2. The molecule has 35 heavy (non-hydrogen) atoms. The van der Waals surface area contributed by atoms with E-state index in [1.807, 2.05) is 43.0 Å². The van der Waals surface area contributed by atoms with Crippen LogP contribution in [0.2, 0.25) is 0 Å². The second-order valence-electron chi connectivity index (χ2n) is 8.94. The van der Waals surface area contributed by atoms with Gasteiger partial charge in [0.15, 0.2) is 0 Å². The summed E-state index contributed by atoms with van der Waals surface area (Å²) in [6.45, 7) is 6.10. The first-order valence-electron chi connectivity index (χ1n) is 11.6. The summed E-state index contributed by atoms with van der Waals surface area (Å²) in [4.78, 5) is 16.8. The lowest BCUT2D eigenvalue weighted by Gasteiger charge is -2.36. The fraction of sp³-hybridized carbons (Fsp3) is 0.296. The van der Waals surface area contributed by atoms with E-state index in [9.17, 15) is 17.6 Å². The molecule has 1 aliphatic heterocycles. The molecule has 0 unspecified atom stereocenters. The van der Waals surface area contributed by atoms with Gasteiger partial charge in [-0.25, -0.2) is 12.8 Å². The van der Waals surface area contributed by atoms with Crippen LogP contribution in [0.25, 0.3) is 0 Å². The number of rotatable bonds is 6. The quantitative estimate of drug-likeness (QED) is 0.510. The summed E-state index contributed by atoms with van der Waals surface area (Å²) in [5.74, 6) is -0.341. The van der Waals surface area contributed by atoms with Crippen molar-refractivity contribution in [2.24, 2.45) is 0 Å². The molecule has 1 saturated heterocycles. The van der Waals surface area contributed by atoms with Crippen molar-refractivity contribution in [1.82, 2.24) is 4.90 Å². The Bertz CT molecular complexity index is 1300. The van der Waals surface area contributed by atoms with Crippen molar-refractivity contribution in [3.05, 3.63) is 94.8 Å². The Morgan fingerprint density at radius 1 is 0.886 bits per heavy atom. The van der Waals surface area contributed by atoms with Gasteiger partial charge in [0.2, 0.25) is 10.0 Å². The molecule has 1 aliphatic rings. The first-order chi connectivity index (χ1) is 16.6. The lowest BCUT2D eigenvalue weighted by Crippen LogP contribution is -2.49. The van der Waals surface area contributed by atoms with Crippen molar-refractivity contribution in [3.8, 4) is 0 Å². The molecule has 0 spiro atoms. The lowest BCUT2D eigenvalue weighted by molar-refractivity contribution is 0.0746. The third-order valence-corrected chi connectivity index (χ3v) is 7.49. The molecule has 1 amide bonds. The summed E-state index contributed by atoms with van der Waals surface area (Å²) in [7, 11) is -3.51. The van der Waals surface area contributed by atoms with E-state index < -0.39 is 10.0 Å². The maximum absolute atomic E-state index is 14.1. The minimum absolute atomic E-state index is 0.0838. The molecule has 1 heterocycles. The van der Waals surface area contributed by atoms with Gasteiger partial charge in [-0.1, -0.05) is 42.5 Å². The Kier molecular flexibility index (Phi) is 7.12. The molecule has 0 atom stereocenters. The number of carbonyl (C=O) groups excluding carboxylic acids is 1. The molecule has 0 aromatic heterocycles. The number of halogens is 1. The average molecular weight is 496 g/mol. The van der Waals surface area contributed by atoms with Gasteiger partial charge < -0.3 is 9.80 Å². The van der Waals surface area contributed by atoms with Crippen LogP contribution in [-0.4, -0.2) is 51.7 Å². The van der Waals surface area contributed by atoms with Crippen LogP contribution in [0.3, 0.4) is 0 Å². The highest BCUT2D eigenvalue weighted by Gasteiger charge is 2.24. The molecular weight excluding hydrogens is 465 g/mol. The molecule has 0 bridgehead atoms. The van der Waals surface area contributed by atoms with Crippen molar-refractivity contribution in [1.29, 1.82) is 0 Å². The highest BCUT2D eigenvalue weighted by molar-refractivity contribution is 7.92. The Balaban J connectivity index is 1.45. The van der Waals surface area contributed by atoms with Gasteiger partial charge in [-0.2, -0.15) is 0 Å². The van der Waals surface area contributed by atoms with E-state index in [1.54, 1.807) is 41.3 Å². The first-order valence-corrected chi connectivity index (χ1v) is 13.4. The average Bonchev–Trinajstić information content (AvgIpc) is 2.83. The smallest absolute Gasteiger partial charge is 0.253 e. The summed E-state index contributed by atoms with van der Waals surface area (Å²) >= 11 is 0. The molecule has 0 N–H and O–H groups in total. The number of hydrogen-bond acceptors (Lipinski definition) is 4. The molecule has 184 valence electrons. The second kappa shape index (κ2) is 10.1. The zero-order valence-electron chi connectivity index (χ0n) is 20.2. The molecule has 0 radical (unpaired) electrons. The number of para-hydroxylation sites is 2. The zero-order valence-corrected chi connectivity index (χ0v) is 21.1. The number of nitrogens with zero attached hydrogens (tertiary/aromatic N) is 3. The summed E-state index contributed by atoms with van der Waals surface area (Å²) in [5.41, 5.74) is 4.35. The van der Waals surface area contributed by atoms with Gasteiger partial charge in [-0.05, 0) is 54.8 Å². The van der Waals surface area contributed by atoms with E-state index in [2.05, 4.69) is 0 Å². The van der Waals surface area contributed by atoms with Gasteiger partial charge in [-0.15, -0.1) is 0 Å². The van der Waals surface area contributed by atoms with Gasteiger partial charge in [-0.3, -0.25) is 9.10 Å². The highest BCUT2D eigenvalue weighted by atomic mass is 32.2.